The lowest BCUT2D eigenvalue weighted by Crippen LogP contribution is -2.21. The minimum absolute atomic E-state index is 0.217. The molecule has 1 fully saturated rings. The molecule has 1 aromatic heterocycles. The fraction of sp³-hybridized carbons (Fsp3) is 0.412. The monoisotopic (exact) mass is 300 g/mol. The van der Waals surface area contributed by atoms with E-state index in [2.05, 4.69) is 20.6 Å². The third kappa shape index (κ3) is 4.24. The molecule has 1 unspecified atom stereocenters. The molecular weight excluding hydrogens is 279 g/mol. The van der Waals surface area contributed by atoms with E-state index in [0.29, 0.717) is 12.6 Å². The summed E-state index contributed by atoms with van der Waals surface area (Å²) in [6.07, 6.45) is 8.14. The smallest absolute Gasteiger partial charge is 0.145 e. The van der Waals surface area contributed by atoms with E-state index in [4.69, 9.17) is 0 Å². The Morgan fingerprint density at radius 2 is 2.09 bits per heavy atom. The van der Waals surface area contributed by atoms with Gasteiger partial charge >= 0.3 is 0 Å². The van der Waals surface area contributed by atoms with Crippen LogP contribution in [0, 0.1) is 5.82 Å². The zero-order valence-corrected chi connectivity index (χ0v) is 12.6. The highest BCUT2D eigenvalue weighted by atomic mass is 19.1. The Bertz CT molecular complexity index is 594. The van der Waals surface area contributed by atoms with E-state index in [1.165, 1.54) is 25.0 Å². The summed E-state index contributed by atoms with van der Waals surface area (Å²) in [7, 11) is 0. The van der Waals surface area contributed by atoms with Gasteiger partial charge < -0.3 is 10.6 Å². The molecule has 1 aliphatic heterocycles. The molecule has 1 saturated heterocycles. The molecule has 2 N–H and O–H groups in total. The number of nitrogens with zero attached hydrogens (tertiary/aromatic N) is 2. The van der Waals surface area contributed by atoms with Crippen molar-refractivity contribution in [2.75, 3.05) is 11.9 Å². The van der Waals surface area contributed by atoms with Gasteiger partial charge in [0.15, 0.2) is 0 Å². The van der Waals surface area contributed by atoms with E-state index >= 15 is 0 Å². The molecule has 2 aromatic rings. The van der Waals surface area contributed by atoms with Gasteiger partial charge in [0.05, 0.1) is 11.9 Å². The second kappa shape index (κ2) is 7.31. The zero-order chi connectivity index (χ0) is 15.2. The van der Waals surface area contributed by atoms with E-state index in [1.54, 1.807) is 18.3 Å². The molecular formula is C17H21FN4. The van der Waals surface area contributed by atoms with Gasteiger partial charge in [-0.1, -0.05) is 12.1 Å². The lowest BCUT2D eigenvalue weighted by molar-refractivity contribution is 0.555. The maximum Gasteiger partial charge on any atom is 0.145 e. The SMILES string of the molecule is Fc1ccc(CNc2cncc(CCC3CCCN3)n2)cc1. The Morgan fingerprint density at radius 1 is 1.23 bits per heavy atom. The number of anilines is 1. The fourth-order valence-corrected chi connectivity index (χ4v) is 2.73. The van der Waals surface area contributed by atoms with E-state index in [0.717, 1.165) is 36.5 Å². The number of nitrogens with one attached hydrogen (secondary N) is 2. The predicted molar refractivity (Wildman–Crippen MR) is 85.1 cm³/mol. The lowest BCUT2D eigenvalue weighted by atomic mass is 10.1. The number of hydrogen-bond donors (Lipinski definition) is 2. The maximum absolute atomic E-state index is 12.9. The van der Waals surface area contributed by atoms with Crippen molar-refractivity contribution >= 4 is 5.82 Å². The van der Waals surface area contributed by atoms with E-state index in [9.17, 15) is 4.39 Å². The van der Waals surface area contributed by atoms with Gasteiger partial charge in [0.2, 0.25) is 0 Å². The molecule has 22 heavy (non-hydrogen) atoms. The normalized spacial score (nSPS) is 17.6. The second-order valence-corrected chi connectivity index (χ2v) is 5.71. The maximum atomic E-state index is 12.9. The summed E-state index contributed by atoms with van der Waals surface area (Å²) in [5.41, 5.74) is 2.03. The number of halogens is 1. The second-order valence-electron chi connectivity index (χ2n) is 5.71. The van der Waals surface area contributed by atoms with Crippen LogP contribution < -0.4 is 10.6 Å². The van der Waals surface area contributed by atoms with Crippen LogP contribution in [-0.2, 0) is 13.0 Å². The molecule has 1 atom stereocenters. The first-order valence-electron chi connectivity index (χ1n) is 7.82. The first kappa shape index (κ1) is 14.9. The van der Waals surface area contributed by atoms with Crippen molar-refractivity contribution < 1.29 is 4.39 Å². The molecule has 0 spiro atoms. The molecule has 0 amide bonds. The van der Waals surface area contributed by atoms with Gasteiger partial charge in [-0.3, -0.25) is 4.98 Å². The fourth-order valence-electron chi connectivity index (χ4n) is 2.73. The minimum atomic E-state index is -0.217. The van der Waals surface area contributed by atoms with Crippen LogP contribution >= 0.6 is 0 Å². The molecule has 5 heteroatoms. The molecule has 0 bridgehead atoms. The average molecular weight is 300 g/mol. The summed E-state index contributed by atoms with van der Waals surface area (Å²) >= 11 is 0. The van der Waals surface area contributed by atoms with Crippen LogP contribution in [0.5, 0.6) is 0 Å². The van der Waals surface area contributed by atoms with E-state index < -0.39 is 0 Å². The van der Waals surface area contributed by atoms with Crippen LogP contribution in [-0.4, -0.2) is 22.6 Å². The number of rotatable bonds is 6. The highest BCUT2D eigenvalue weighted by Crippen LogP contribution is 2.13. The molecule has 4 nitrogen and oxygen atoms in total. The Hall–Kier alpha value is -2.01. The van der Waals surface area contributed by atoms with Gasteiger partial charge in [0, 0.05) is 18.8 Å². The van der Waals surface area contributed by atoms with Crippen LogP contribution in [0.2, 0.25) is 0 Å². The summed E-state index contributed by atoms with van der Waals surface area (Å²) in [5, 5.41) is 6.74. The molecule has 116 valence electrons. The van der Waals surface area contributed by atoms with Crippen LogP contribution in [0.3, 0.4) is 0 Å². The first-order valence-corrected chi connectivity index (χ1v) is 7.82. The van der Waals surface area contributed by atoms with Crippen molar-refractivity contribution in [3.63, 3.8) is 0 Å². The van der Waals surface area contributed by atoms with Gasteiger partial charge in [0.1, 0.15) is 11.6 Å². The molecule has 0 saturated carbocycles. The van der Waals surface area contributed by atoms with Gasteiger partial charge in [-0.2, -0.15) is 0 Å². The Labute approximate surface area is 130 Å². The summed E-state index contributed by atoms with van der Waals surface area (Å²) in [6.45, 7) is 1.75. The quantitative estimate of drug-likeness (QED) is 0.861. The van der Waals surface area contributed by atoms with Crippen LogP contribution in [0.4, 0.5) is 10.2 Å². The van der Waals surface area contributed by atoms with Crippen LogP contribution in [0.25, 0.3) is 0 Å². The third-order valence-electron chi connectivity index (χ3n) is 3.98. The van der Waals surface area contributed by atoms with Crippen molar-refractivity contribution in [3.05, 3.63) is 53.7 Å². The molecule has 3 rings (SSSR count). The van der Waals surface area contributed by atoms with Gasteiger partial charge in [-0.25, -0.2) is 9.37 Å². The van der Waals surface area contributed by atoms with Crippen molar-refractivity contribution in [1.82, 2.24) is 15.3 Å². The van der Waals surface area contributed by atoms with Crippen molar-refractivity contribution in [2.45, 2.75) is 38.3 Å². The minimum Gasteiger partial charge on any atom is -0.365 e. The number of hydrogen-bond acceptors (Lipinski definition) is 4. The van der Waals surface area contributed by atoms with Crippen molar-refractivity contribution in [1.29, 1.82) is 0 Å². The molecule has 1 aliphatic rings. The zero-order valence-electron chi connectivity index (χ0n) is 12.6. The van der Waals surface area contributed by atoms with Crippen LogP contribution in [0.1, 0.15) is 30.5 Å². The summed E-state index contributed by atoms with van der Waals surface area (Å²) in [5.74, 6) is 0.548. The van der Waals surface area contributed by atoms with E-state index in [1.807, 2.05) is 6.20 Å². The van der Waals surface area contributed by atoms with Gasteiger partial charge in [-0.05, 0) is 49.9 Å². The first-order chi connectivity index (χ1) is 10.8. The number of aryl methyl sites for hydroxylation is 1. The largest absolute Gasteiger partial charge is 0.365 e. The van der Waals surface area contributed by atoms with Gasteiger partial charge in [-0.15, -0.1) is 0 Å². The molecule has 0 radical (unpaired) electrons. The molecule has 0 aliphatic carbocycles. The third-order valence-corrected chi connectivity index (χ3v) is 3.98. The Balaban J connectivity index is 1.52. The van der Waals surface area contributed by atoms with Gasteiger partial charge in [0.25, 0.3) is 0 Å². The Kier molecular flexibility index (Phi) is 4.96. The topological polar surface area (TPSA) is 49.8 Å². The average Bonchev–Trinajstić information content (AvgIpc) is 3.06. The predicted octanol–water partition coefficient (Wildman–Crippen LogP) is 2.91. The van der Waals surface area contributed by atoms with Crippen molar-refractivity contribution in [3.8, 4) is 0 Å². The van der Waals surface area contributed by atoms with Crippen LogP contribution in [0.15, 0.2) is 36.7 Å². The molecule has 1 aromatic carbocycles. The highest BCUT2D eigenvalue weighted by Gasteiger charge is 2.13. The summed E-state index contributed by atoms with van der Waals surface area (Å²) in [4.78, 5) is 8.84. The number of aromatic nitrogens is 2. The highest BCUT2D eigenvalue weighted by molar-refractivity contribution is 5.33. The Morgan fingerprint density at radius 3 is 2.86 bits per heavy atom. The summed E-state index contributed by atoms with van der Waals surface area (Å²) < 4.78 is 12.9. The van der Waals surface area contributed by atoms with Crippen molar-refractivity contribution in [2.24, 2.45) is 0 Å². The number of benzene rings is 1. The molecule has 2 heterocycles. The lowest BCUT2D eigenvalue weighted by Gasteiger charge is -2.10. The summed E-state index contributed by atoms with van der Waals surface area (Å²) in [6, 6.07) is 7.09. The standard InChI is InChI=1S/C17H21FN4/c18-14-5-3-13(4-6-14)10-21-17-12-19-11-16(22-17)8-7-15-2-1-9-20-15/h3-6,11-12,15,20H,1-2,7-10H2,(H,21,22). The van der Waals surface area contributed by atoms with E-state index in [-0.39, 0.29) is 5.82 Å².